The van der Waals surface area contributed by atoms with Crippen LogP contribution in [0.15, 0.2) is 60.0 Å². The van der Waals surface area contributed by atoms with Crippen molar-refractivity contribution in [1.29, 1.82) is 0 Å². The highest BCUT2D eigenvalue weighted by Crippen LogP contribution is 2.26. The van der Waals surface area contributed by atoms with Gasteiger partial charge in [-0.25, -0.2) is 4.98 Å². The van der Waals surface area contributed by atoms with Crippen LogP contribution in [0, 0.1) is 5.92 Å². The van der Waals surface area contributed by atoms with E-state index in [1.54, 1.807) is 13.2 Å². The number of anilines is 1. The first-order chi connectivity index (χ1) is 15.0. The third-order valence-corrected chi connectivity index (χ3v) is 5.36. The fourth-order valence-corrected chi connectivity index (χ4v) is 3.66. The van der Waals surface area contributed by atoms with E-state index < -0.39 is 0 Å². The number of ether oxygens (including phenoxy) is 2. The lowest BCUT2D eigenvalue weighted by Crippen LogP contribution is -2.07. The Balaban J connectivity index is 1.53. The lowest BCUT2D eigenvalue weighted by molar-refractivity contribution is -0.111. The minimum atomic E-state index is -0.223. The molecule has 0 spiro atoms. The molecule has 0 unspecified atom stereocenters. The molecule has 5 nitrogen and oxygen atoms in total. The van der Waals surface area contributed by atoms with Gasteiger partial charge in [0.25, 0.3) is 0 Å². The van der Waals surface area contributed by atoms with Crippen LogP contribution in [0.25, 0.3) is 17.3 Å². The van der Waals surface area contributed by atoms with E-state index in [2.05, 4.69) is 24.1 Å². The molecule has 31 heavy (non-hydrogen) atoms. The summed E-state index contributed by atoms with van der Waals surface area (Å²) >= 11 is 1.39. The van der Waals surface area contributed by atoms with E-state index in [-0.39, 0.29) is 5.91 Å². The van der Waals surface area contributed by atoms with Crippen LogP contribution in [-0.4, -0.2) is 24.6 Å². The van der Waals surface area contributed by atoms with E-state index in [1.807, 2.05) is 53.9 Å². The number of thiazole rings is 1. The molecule has 1 amide bonds. The van der Waals surface area contributed by atoms with Gasteiger partial charge in [0, 0.05) is 17.0 Å². The molecule has 1 N–H and O–H groups in total. The number of carbonyl (C=O) groups is 1. The number of nitrogens with zero attached hydrogens (tertiary/aromatic N) is 1. The van der Waals surface area contributed by atoms with Crippen molar-refractivity contribution in [3.8, 4) is 22.8 Å². The Bertz CT molecular complexity index is 1010. The second kappa shape index (κ2) is 11.3. The van der Waals surface area contributed by atoms with E-state index in [0.717, 1.165) is 41.2 Å². The molecular formula is C25H28N2O3S. The molecule has 6 heteroatoms. The number of hydrogen-bond donors (Lipinski definition) is 1. The van der Waals surface area contributed by atoms with E-state index in [0.29, 0.717) is 17.7 Å². The molecule has 0 aliphatic carbocycles. The second-order valence-electron chi connectivity index (χ2n) is 7.55. The van der Waals surface area contributed by atoms with Crippen molar-refractivity contribution in [2.75, 3.05) is 19.0 Å². The van der Waals surface area contributed by atoms with Crippen LogP contribution in [0.2, 0.25) is 0 Å². The van der Waals surface area contributed by atoms with Gasteiger partial charge in [-0.1, -0.05) is 26.0 Å². The Morgan fingerprint density at radius 3 is 2.71 bits per heavy atom. The molecule has 0 fully saturated rings. The van der Waals surface area contributed by atoms with Crippen molar-refractivity contribution >= 4 is 28.5 Å². The van der Waals surface area contributed by atoms with Crippen LogP contribution >= 0.6 is 11.3 Å². The largest absolute Gasteiger partial charge is 0.497 e. The summed E-state index contributed by atoms with van der Waals surface area (Å²) in [4.78, 5) is 16.8. The predicted molar refractivity (Wildman–Crippen MR) is 128 cm³/mol. The third-order valence-electron chi connectivity index (χ3n) is 4.60. The number of carbonyl (C=O) groups excluding carboxylic acids is 1. The molecule has 2 aromatic carbocycles. The minimum Gasteiger partial charge on any atom is -0.497 e. The summed E-state index contributed by atoms with van der Waals surface area (Å²) in [5.41, 5.74) is 2.70. The molecule has 1 aromatic heterocycles. The van der Waals surface area contributed by atoms with Crippen molar-refractivity contribution in [2.45, 2.75) is 26.7 Å². The Hall–Kier alpha value is -3.12. The molecule has 0 saturated heterocycles. The molecule has 0 aliphatic rings. The quantitative estimate of drug-likeness (QED) is 0.300. The summed E-state index contributed by atoms with van der Waals surface area (Å²) in [6.07, 6.45) is 5.46. The topological polar surface area (TPSA) is 60.5 Å². The summed E-state index contributed by atoms with van der Waals surface area (Å²) in [6.45, 7) is 5.12. The Morgan fingerprint density at radius 2 is 1.97 bits per heavy atom. The number of nitrogens with one attached hydrogen (secondary N) is 1. The maximum atomic E-state index is 12.3. The fourth-order valence-electron chi connectivity index (χ4n) is 2.93. The Morgan fingerprint density at radius 1 is 1.16 bits per heavy atom. The van der Waals surface area contributed by atoms with Gasteiger partial charge >= 0.3 is 0 Å². The number of amides is 1. The van der Waals surface area contributed by atoms with Gasteiger partial charge in [0.05, 0.1) is 19.4 Å². The summed E-state index contributed by atoms with van der Waals surface area (Å²) < 4.78 is 11.0. The number of methoxy groups -OCH3 is 1. The number of benzene rings is 2. The zero-order valence-corrected chi connectivity index (χ0v) is 18.9. The second-order valence-corrected chi connectivity index (χ2v) is 8.40. The van der Waals surface area contributed by atoms with Crippen LogP contribution in [-0.2, 0) is 4.79 Å². The van der Waals surface area contributed by atoms with Crippen LogP contribution in [0.4, 0.5) is 5.13 Å². The first kappa shape index (κ1) is 22.6. The number of hydrogen-bond acceptors (Lipinski definition) is 5. The van der Waals surface area contributed by atoms with Gasteiger partial charge in [0.1, 0.15) is 11.5 Å². The Labute approximate surface area is 187 Å². The van der Waals surface area contributed by atoms with Crippen molar-refractivity contribution in [3.63, 3.8) is 0 Å². The zero-order valence-electron chi connectivity index (χ0n) is 18.1. The molecule has 0 aliphatic heterocycles. The molecule has 0 bridgehead atoms. The van der Waals surface area contributed by atoms with Gasteiger partial charge in [0.2, 0.25) is 5.91 Å². The molecule has 3 rings (SSSR count). The maximum absolute atomic E-state index is 12.3. The first-order valence-corrected chi connectivity index (χ1v) is 11.2. The van der Waals surface area contributed by atoms with Crippen LogP contribution in [0.3, 0.4) is 0 Å². The smallest absolute Gasteiger partial charge is 0.250 e. The predicted octanol–water partition coefficient (Wildman–Crippen LogP) is 6.29. The lowest BCUT2D eigenvalue weighted by Gasteiger charge is -2.08. The van der Waals surface area contributed by atoms with E-state index in [4.69, 9.17) is 9.47 Å². The fraction of sp³-hybridized carbons (Fsp3) is 0.280. The standard InChI is InChI=1S/C25H28N2O3S/c1-18(2)6-5-15-30-22-8-4-7-19(16-22)9-14-24(28)27-25-26-23(17-31-25)20-10-12-21(29-3)13-11-20/h4,7-14,16-18H,5-6,15H2,1-3H3,(H,26,27,28)/b14-9+. The zero-order chi connectivity index (χ0) is 22.1. The van der Waals surface area contributed by atoms with Gasteiger partial charge in [-0.15, -0.1) is 11.3 Å². The maximum Gasteiger partial charge on any atom is 0.250 e. The van der Waals surface area contributed by atoms with Crippen LogP contribution in [0.5, 0.6) is 11.5 Å². The summed E-state index contributed by atoms with van der Waals surface area (Å²) in [7, 11) is 1.64. The van der Waals surface area contributed by atoms with E-state index >= 15 is 0 Å². The average molecular weight is 437 g/mol. The van der Waals surface area contributed by atoms with Gasteiger partial charge in [-0.2, -0.15) is 0 Å². The summed E-state index contributed by atoms with van der Waals surface area (Å²) in [6, 6.07) is 15.4. The average Bonchev–Trinajstić information content (AvgIpc) is 3.24. The highest BCUT2D eigenvalue weighted by molar-refractivity contribution is 7.14. The molecule has 0 saturated carbocycles. The SMILES string of the molecule is COc1ccc(-c2csc(NC(=O)/C=C/c3cccc(OCCCC(C)C)c3)n2)cc1. The third kappa shape index (κ3) is 7.26. The van der Waals surface area contributed by atoms with Gasteiger partial charge in [-0.3, -0.25) is 10.1 Å². The van der Waals surface area contributed by atoms with Gasteiger partial charge < -0.3 is 9.47 Å². The van der Waals surface area contributed by atoms with Gasteiger partial charge in [0.15, 0.2) is 5.13 Å². The number of aromatic nitrogens is 1. The molecule has 0 radical (unpaired) electrons. The lowest BCUT2D eigenvalue weighted by atomic mass is 10.1. The van der Waals surface area contributed by atoms with E-state index in [9.17, 15) is 4.79 Å². The minimum absolute atomic E-state index is 0.223. The molecule has 0 atom stereocenters. The normalized spacial score (nSPS) is 11.1. The van der Waals surface area contributed by atoms with Gasteiger partial charge in [-0.05, 0) is 66.8 Å². The van der Waals surface area contributed by atoms with Crippen LogP contribution < -0.4 is 14.8 Å². The Kier molecular flexibility index (Phi) is 8.24. The highest BCUT2D eigenvalue weighted by Gasteiger charge is 2.07. The number of rotatable bonds is 10. The van der Waals surface area contributed by atoms with Crippen molar-refractivity contribution in [1.82, 2.24) is 4.98 Å². The van der Waals surface area contributed by atoms with E-state index in [1.165, 1.54) is 17.4 Å². The molecule has 3 aromatic rings. The summed E-state index contributed by atoms with van der Waals surface area (Å²) in [5.74, 6) is 2.07. The first-order valence-electron chi connectivity index (χ1n) is 10.4. The summed E-state index contributed by atoms with van der Waals surface area (Å²) in [5, 5.41) is 5.29. The van der Waals surface area contributed by atoms with Crippen molar-refractivity contribution in [2.24, 2.45) is 5.92 Å². The highest BCUT2D eigenvalue weighted by atomic mass is 32.1. The molecule has 162 valence electrons. The van der Waals surface area contributed by atoms with Crippen LogP contribution in [0.1, 0.15) is 32.3 Å². The molecular weight excluding hydrogens is 408 g/mol. The van der Waals surface area contributed by atoms with Crippen molar-refractivity contribution < 1.29 is 14.3 Å². The van der Waals surface area contributed by atoms with Crippen molar-refractivity contribution in [3.05, 3.63) is 65.6 Å². The molecule has 1 heterocycles. The monoisotopic (exact) mass is 436 g/mol.